The molecule has 1 nitrogen and oxygen atoms in total. The molecule has 1 aromatic heterocycles. The Morgan fingerprint density at radius 3 is 2.00 bits per heavy atom. The van der Waals surface area contributed by atoms with E-state index in [-0.39, 0.29) is 0 Å². The maximum Gasteiger partial charge on any atom is 0.0355 e. The first-order chi connectivity index (χ1) is 18.2. The number of hydrogen-bond acceptors (Lipinski definition) is 2. The van der Waals surface area contributed by atoms with Gasteiger partial charge in [-0.25, -0.2) is 0 Å². The number of thiophene rings is 1. The maximum absolute atomic E-state index is 7.99. The lowest BCUT2D eigenvalue weighted by Crippen LogP contribution is -2.28. The molecule has 0 amide bonds. The van der Waals surface area contributed by atoms with Crippen molar-refractivity contribution in [3.63, 3.8) is 0 Å². The summed E-state index contributed by atoms with van der Waals surface area (Å²) in [4.78, 5) is 0. The molecule has 6 aromatic carbocycles. The molecular formula is C35H23NS. The quantitative estimate of drug-likeness (QED) is 0.241. The lowest BCUT2D eigenvalue weighted by Gasteiger charge is -2.16. The lowest BCUT2D eigenvalue weighted by atomic mass is 9.87. The van der Waals surface area contributed by atoms with Gasteiger partial charge >= 0.3 is 0 Å². The summed E-state index contributed by atoms with van der Waals surface area (Å²) < 4.78 is 2.59. The number of rotatable bonds is 3. The van der Waals surface area contributed by atoms with Crippen molar-refractivity contribution < 1.29 is 0 Å². The van der Waals surface area contributed by atoms with E-state index in [1.54, 1.807) is 0 Å². The summed E-state index contributed by atoms with van der Waals surface area (Å²) >= 11 is 1.83. The molecule has 0 fully saturated rings. The van der Waals surface area contributed by atoms with E-state index in [0.717, 1.165) is 32.7 Å². The fourth-order valence-corrected chi connectivity index (χ4v) is 6.73. The lowest BCUT2D eigenvalue weighted by molar-refractivity contribution is 1.54. The normalized spacial score (nSPS) is 12.2. The van der Waals surface area contributed by atoms with Gasteiger partial charge in [0.05, 0.1) is 0 Å². The van der Waals surface area contributed by atoms with Crippen LogP contribution in [0, 0.1) is 5.41 Å². The Morgan fingerprint density at radius 1 is 0.568 bits per heavy atom. The Balaban J connectivity index is 1.59. The molecule has 0 spiro atoms. The summed E-state index contributed by atoms with van der Waals surface area (Å²) in [5.41, 5.74) is 4.55. The first kappa shape index (κ1) is 21.7. The van der Waals surface area contributed by atoms with E-state index in [4.69, 9.17) is 5.41 Å². The molecule has 0 bridgehead atoms. The Hall–Kier alpha value is -4.53. The predicted molar refractivity (Wildman–Crippen MR) is 163 cm³/mol. The number of nitrogens with one attached hydrogen (secondary N) is 1. The third-order valence-electron chi connectivity index (χ3n) is 7.32. The number of fused-ring (bicyclic) bond motifs is 5. The Labute approximate surface area is 218 Å². The van der Waals surface area contributed by atoms with Crippen molar-refractivity contribution >= 4 is 71.9 Å². The van der Waals surface area contributed by atoms with Crippen molar-refractivity contribution in [3.8, 4) is 22.3 Å². The third kappa shape index (κ3) is 3.41. The van der Waals surface area contributed by atoms with E-state index in [1.807, 2.05) is 17.4 Å². The Bertz CT molecular complexity index is 2130. The second-order valence-electron chi connectivity index (χ2n) is 9.39. The fourth-order valence-electron chi connectivity index (χ4n) is 5.65. The average Bonchev–Trinajstić information content (AvgIpc) is 3.31. The molecule has 7 rings (SSSR count). The molecule has 0 aliphatic heterocycles. The molecule has 7 aromatic rings. The van der Waals surface area contributed by atoms with Crippen LogP contribution in [0.4, 0.5) is 0 Å². The topological polar surface area (TPSA) is 23.9 Å². The van der Waals surface area contributed by atoms with Gasteiger partial charge in [-0.2, -0.15) is 0 Å². The van der Waals surface area contributed by atoms with Crippen molar-refractivity contribution in [2.24, 2.45) is 0 Å². The van der Waals surface area contributed by atoms with E-state index in [0.29, 0.717) is 0 Å². The van der Waals surface area contributed by atoms with Crippen LogP contribution in [-0.2, 0) is 0 Å². The minimum Gasteiger partial charge on any atom is -0.309 e. The van der Waals surface area contributed by atoms with E-state index >= 15 is 0 Å². The largest absolute Gasteiger partial charge is 0.309 e. The molecular weight excluding hydrogens is 466 g/mol. The zero-order valence-electron chi connectivity index (χ0n) is 20.2. The molecule has 174 valence electrons. The zero-order valence-corrected chi connectivity index (χ0v) is 21.0. The second-order valence-corrected chi connectivity index (χ2v) is 10.5. The third-order valence-corrected chi connectivity index (χ3v) is 8.47. The van der Waals surface area contributed by atoms with Crippen LogP contribution in [0.1, 0.15) is 0 Å². The molecule has 1 N–H and O–H groups in total. The summed E-state index contributed by atoms with van der Waals surface area (Å²) in [6.45, 7) is 4.60. The van der Waals surface area contributed by atoms with Gasteiger partial charge in [0.2, 0.25) is 0 Å². The van der Waals surface area contributed by atoms with Crippen LogP contribution in [0.2, 0.25) is 0 Å². The molecule has 0 aliphatic carbocycles. The van der Waals surface area contributed by atoms with Gasteiger partial charge in [0.25, 0.3) is 0 Å². The monoisotopic (exact) mass is 489 g/mol. The van der Waals surface area contributed by atoms with Crippen LogP contribution in [-0.4, -0.2) is 6.21 Å². The van der Waals surface area contributed by atoms with Gasteiger partial charge in [0.1, 0.15) is 0 Å². The minimum atomic E-state index is 0.947. The maximum atomic E-state index is 7.99. The van der Waals surface area contributed by atoms with Crippen LogP contribution < -0.4 is 10.4 Å². The van der Waals surface area contributed by atoms with Crippen molar-refractivity contribution in [2.45, 2.75) is 0 Å². The minimum absolute atomic E-state index is 0.947. The standard InChI is InChI=1S/C35H23NS/c1-22-27(18-19-36)35(26-16-17-33-31(21-26)28-10-6-7-13-32(28)37-33)30-12-5-4-11-29(30)34(22)25-15-14-23-8-2-3-9-24(23)20-25/h2-21,36H,1H2/b27-18+,36-19?. The highest BCUT2D eigenvalue weighted by Crippen LogP contribution is 2.38. The van der Waals surface area contributed by atoms with Gasteiger partial charge in [-0.3, -0.25) is 0 Å². The highest BCUT2D eigenvalue weighted by molar-refractivity contribution is 7.25. The molecule has 0 aliphatic rings. The van der Waals surface area contributed by atoms with Gasteiger partial charge in [-0.1, -0.05) is 91.5 Å². The molecule has 0 saturated heterocycles. The number of hydrogen-bond donors (Lipinski definition) is 1. The van der Waals surface area contributed by atoms with E-state index < -0.39 is 0 Å². The van der Waals surface area contributed by atoms with Crippen molar-refractivity contribution in [3.05, 3.63) is 120 Å². The average molecular weight is 490 g/mol. The summed E-state index contributed by atoms with van der Waals surface area (Å²) in [5, 5.41) is 17.3. The van der Waals surface area contributed by atoms with Crippen LogP contribution >= 0.6 is 11.3 Å². The van der Waals surface area contributed by atoms with Gasteiger partial charge in [0.15, 0.2) is 0 Å². The Morgan fingerprint density at radius 2 is 1.19 bits per heavy atom. The highest BCUT2D eigenvalue weighted by Gasteiger charge is 2.15. The van der Waals surface area contributed by atoms with Crippen molar-refractivity contribution in [1.29, 1.82) is 5.41 Å². The summed E-state index contributed by atoms with van der Waals surface area (Å²) in [7, 11) is 0. The van der Waals surface area contributed by atoms with Gasteiger partial charge in [-0.15, -0.1) is 11.3 Å². The molecule has 0 saturated carbocycles. The van der Waals surface area contributed by atoms with Gasteiger partial charge in [0, 0.05) is 26.4 Å². The first-order valence-corrected chi connectivity index (χ1v) is 13.2. The van der Waals surface area contributed by atoms with Gasteiger partial charge < -0.3 is 5.41 Å². The molecule has 37 heavy (non-hydrogen) atoms. The van der Waals surface area contributed by atoms with E-state index in [1.165, 1.54) is 47.9 Å². The molecule has 1 heterocycles. The van der Waals surface area contributed by atoms with Crippen molar-refractivity contribution in [1.82, 2.24) is 0 Å². The fraction of sp³-hybridized carbons (Fsp3) is 0. The molecule has 2 heteroatoms. The first-order valence-electron chi connectivity index (χ1n) is 12.4. The van der Waals surface area contributed by atoms with E-state index in [9.17, 15) is 0 Å². The molecule has 0 unspecified atom stereocenters. The summed E-state index contributed by atoms with van der Waals surface area (Å²) in [5.74, 6) is 0. The smallest absolute Gasteiger partial charge is 0.0355 e. The SMILES string of the molecule is C=c1c(-c2ccc3ccccc3c2)c2ccccc2c(-c2ccc3sc4ccccc4c3c2)/c1=C/C=N. The summed E-state index contributed by atoms with van der Waals surface area (Å²) in [6, 6.07) is 39.1. The van der Waals surface area contributed by atoms with Crippen LogP contribution in [0.5, 0.6) is 0 Å². The summed E-state index contributed by atoms with van der Waals surface area (Å²) in [6.07, 6.45) is 3.27. The second kappa shape index (κ2) is 8.55. The van der Waals surface area contributed by atoms with E-state index in [2.05, 4.69) is 116 Å². The Kier molecular flexibility index (Phi) is 5.02. The van der Waals surface area contributed by atoms with Crippen LogP contribution in [0.3, 0.4) is 0 Å². The molecule has 0 atom stereocenters. The van der Waals surface area contributed by atoms with Gasteiger partial charge in [-0.05, 0) is 84.6 Å². The predicted octanol–water partition coefficient (Wildman–Crippen LogP) is 8.54. The van der Waals surface area contributed by atoms with Crippen molar-refractivity contribution in [2.75, 3.05) is 0 Å². The highest BCUT2D eigenvalue weighted by atomic mass is 32.1. The van der Waals surface area contributed by atoms with Crippen LogP contribution in [0.25, 0.3) is 76.6 Å². The van der Waals surface area contributed by atoms with Crippen LogP contribution in [0.15, 0.2) is 109 Å². The number of benzene rings is 6. The molecule has 0 radical (unpaired) electrons. The zero-order chi connectivity index (χ0) is 24.9.